The zero-order valence-corrected chi connectivity index (χ0v) is 19.9. The van der Waals surface area contributed by atoms with E-state index in [1.165, 1.54) is 11.1 Å². The van der Waals surface area contributed by atoms with Crippen molar-refractivity contribution in [3.63, 3.8) is 0 Å². The van der Waals surface area contributed by atoms with E-state index < -0.39 is 5.60 Å². The average Bonchev–Trinajstić information content (AvgIpc) is 2.77. The Bertz CT molecular complexity index is 1260. The number of rotatable bonds is 1. The van der Waals surface area contributed by atoms with Gasteiger partial charge < -0.3 is 5.11 Å². The SMILES string of the molecule is Cc1ccc(C#CC(C#Cc2ccc(C)cc2)=C(C#CC(C)(C)O)c2ccc(C)cc2)cc1. The average molecular weight is 429 g/mol. The van der Waals surface area contributed by atoms with Crippen LogP contribution >= 0.6 is 0 Å². The minimum absolute atomic E-state index is 0.622. The first-order valence-corrected chi connectivity index (χ1v) is 10.9. The van der Waals surface area contributed by atoms with Crippen LogP contribution in [-0.4, -0.2) is 10.7 Å². The number of hydrogen-bond donors (Lipinski definition) is 1. The predicted octanol–water partition coefficient (Wildman–Crippen LogP) is 6.24. The predicted molar refractivity (Wildman–Crippen MR) is 138 cm³/mol. The van der Waals surface area contributed by atoms with Crippen LogP contribution in [0.1, 0.15) is 47.2 Å². The maximum Gasteiger partial charge on any atom is 0.120 e. The van der Waals surface area contributed by atoms with Gasteiger partial charge >= 0.3 is 0 Å². The molecule has 0 aliphatic rings. The van der Waals surface area contributed by atoms with Gasteiger partial charge in [0.25, 0.3) is 0 Å². The van der Waals surface area contributed by atoms with E-state index in [9.17, 15) is 5.11 Å². The maximum absolute atomic E-state index is 10.2. The molecule has 3 aromatic carbocycles. The molecule has 0 aliphatic carbocycles. The summed E-state index contributed by atoms with van der Waals surface area (Å²) in [6.45, 7) is 9.49. The van der Waals surface area contributed by atoms with Gasteiger partial charge in [0.2, 0.25) is 0 Å². The zero-order chi connectivity index (χ0) is 23.8. The summed E-state index contributed by atoms with van der Waals surface area (Å²) in [7, 11) is 0. The van der Waals surface area contributed by atoms with Crippen molar-refractivity contribution in [2.45, 2.75) is 40.2 Å². The molecular weight excluding hydrogens is 400 g/mol. The van der Waals surface area contributed by atoms with Crippen molar-refractivity contribution in [1.82, 2.24) is 0 Å². The van der Waals surface area contributed by atoms with Crippen molar-refractivity contribution in [2.24, 2.45) is 0 Å². The fourth-order valence-corrected chi connectivity index (χ4v) is 2.91. The van der Waals surface area contributed by atoms with Crippen LogP contribution < -0.4 is 0 Å². The Morgan fingerprint density at radius 1 is 0.606 bits per heavy atom. The molecule has 0 spiro atoms. The van der Waals surface area contributed by atoms with Gasteiger partial charge in [-0.3, -0.25) is 0 Å². The molecule has 0 radical (unpaired) electrons. The van der Waals surface area contributed by atoms with Crippen molar-refractivity contribution in [3.8, 4) is 35.5 Å². The summed E-state index contributed by atoms with van der Waals surface area (Å²) < 4.78 is 0. The molecular formula is C32H28O. The van der Waals surface area contributed by atoms with E-state index in [1.54, 1.807) is 13.8 Å². The van der Waals surface area contributed by atoms with E-state index in [4.69, 9.17) is 0 Å². The van der Waals surface area contributed by atoms with Gasteiger partial charge in [-0.1, -0.05) is 101 Å². The third-order valence-corrected chi connectivity index (χ3v) is 4.85. The Labute approximate surface area is 198 Å². The van der Waals surface area contributed by atoms with E-state index in [2.05, 4.69) is 49.4 Å². The van der Waals surface area contributed by atoms with Gasteiger partial charge in [-0.2, -0.15) is 0 Å². The normalized spacial score (nSPS) is 10.0. The Kier molecular flexibility index (Phi) is 7.59. The summed E-state index contributed by atoms with van der Waals surface area (Å²) in [6.07, 6.45) is 0. The molecule has 3 aromatic rings. The molecule has 0 bridgehead atoms. The molecule has 3 rings (SSSR count). The lowest BCUT2D eigenvalue weighted by Gasteiger charge is -2.08. The smallest absolute Gasteiger partial charge is 0.120 e. The summed E-state index contributed by atoms with van der Waals surface area (Å²) >= 11 is 0. The first-order valence-electron chi connectivity index (χ1n) is 10.9. The van der Waals surface area contributed by atoms with Gasteiger partial charge in [0.15, 0.2) is 0 Å². The summed E-state index contributed by atoms with van der Waals surface area (Å²) in [5.74, 6) is 19.1. The number of benzene rings is 3. The molecule has 162 valence electrons. The third kappa shape index (κ3) is 7.59. The van der Waals surface area contributed by atoms with Crippen LogP contribution in [0.25, 0.3) is 5.57 Å². The summed E-state index contributed by atoms with van der Waals surface area (Å²) in [6, 6.07) is 24.3. The van der Waals surface area contributed by atoms with Gasteiger partial charge in [0.05, 0.1) is 11.1 Å². The highest BCUT2D eigenvalue weighted by molar-refractivity contribution is 5.87. The molecule has 1 nitrogen and oxygen atoms in total. The van der Waals surface area contributed by atoms with Crippen LogP contribution in [-0.2, 0) is 0 Å². The molecule has 0 aliphatic heterocycles. The Balaban J connectivity index is 2.22. The number of aryl methyl sites for hydroxylation is 3. The Morgan fingerprint density at radius 2 is 1.00 bits per heavy atom. The van der Waals surface area contributed by atoms with Crippen molar-refractivity contribution in [1.29, 1.82) is 0 Å². The largest absolute Gasteiger partial charge is 0.378 e. The van der Waals surface area contributed by atoms with E-state index in [0.717, 1.165) is 22.3 Å². The fourth-order valence-electron chi connectivity index (χ4n) is 2.91. The van der Waals surface area contributed by atoms with Crippen LogP contribution in [0.5, 0.6) is 0 Å². The minimum Gasteiger partial charge on any atom is -0.378 e. The second kappa shape index (κ2) is 10.6. The maximum atomic E-state index is 10.2. The fraction of sp³-hybridized carbons (Fsp3) is 0.188. The van der Waals surface area contributed by atoms with E-state index in [0.29, 0.717) is 11.1 Å². The second-order valence-corrected chi connectivity index (χ2v) is 8.66. The van der Waals surface area contributed by atoms with Crippen molar-refractivity contribution in [3.05, 3.63) is 112 Å². The highest BCUT2D eigenvalue weighted by atomic mass is 16.3. The quantitative estimate of drug-likeness (QED) is 0.455. The topological polar surface area (TPSA) is 20.2 Å². The summed E-state index contributed by atoms with van der Waals surface area (Å²) in [4.78, 5) is 0. The standard InChI is InChI=1S/C32H28O/c1-24-6-12-27(13-7-24)16-20-30(21-17-28-14-8-25(2)9-15-28)31(22-23-32(4,5)33)29-18-10-26(3)11-19-29/h6-15,18-19,33H,1-5H3. The molecule has 0 saturated heterocycles. The van der Waals surface area contributed by atoms with Gasteiger partial charge in [-0.15, -0.1) is 0 Å². The molecule has 0 heterocycles. The van der Waals surface area contributed by atoms with Crippen LogP contribution in [0.2, 0.25) is 0 Å². The molecule has 0 aromatic heterocycles. The molecule has 0 fully saturated rings. The van der Waals surface area contributed by atoms with Gasteiger partial charge in [0, 0.05) is 11.1 Å². The van der Waals surface area contributed by atoms with E-state index in [1.807, 2.05) is 79.7 Å². The van der Waals surface area contributed by atoms with Crippen LogP contribution in [0.4, 0.5) is 0 Å². The molecule has 1 heteroatoms. The molecule has 0 unspecified atom stereocenters. The number of aliphatic hydroxyl groups is 1. The highest BCUT2D eigenvalue weighted by Crippen LogP contribution is 2.20. The molecule has 0 atom stereocenters. The van der Waals surface area contributed by atoms with Crippen LogP contribution in [0, 0.1) is 56.3 Å². The summed E-state index contributed by atoms with van der Waals surface area (Å²) in [5, 5.41) is 10.2. The third-order valence-electron chi connectivity index (χ3n) is 4.85. The van der Waals surface area contributed by atoms with Gasteiger partial charge in [-0.25, -0.2) is 0 Å². The lowest BCUT2D eigenvalue weighted by atomic mass is 9.97. The van der Waals surface area contributed by atoms with E-state index in [-0.39, 0.29) is 0 Å². The number of hydrogen-bond acceptors (Lipinski definition) is 1. The van der Waals surface area contributed by atoms with Crippen molar-refractivity contribution < 1.29 is 5.11 Å². The highest BCUT2D eigenvalue weighted by Gasteiger charge is 2.09. The van der Waals surface area contributed by atoms with E-state index >= 15 is 0 Å². The lowest BCUT2D eigenvalue weighted by molar-refractivity contribution is 0.143. The van der Waals surface area contributed by atoms with Gasteiger partial charge in [-0.05, 0) is 64.4 Å². The van der Waals surface area contributed by atoms with Crippen molar-refractivity contribution in [2.75, 3.05) is 0 Å². The monoisotopic (exact) mass is 428 g/mol. The second-order valence-electron chi connectivity index (χ2n) is 8.66. The first-order chi connectivity index (χ1) is 15.7. The lowest BCUT2D eigenvalue weighted by Crippen LogP contribution is -2.14. The molecule has 1 N–H and O–H groups in total. The summed E-state index contributed by atoms with van der Waals surface area (Å²) in [5.41, 5.74) is 6.47. The van der Waals surface area contributed by atoms with Crippen molar-refractivity contribution >= 4 is 5.57 Å². The van der Waals surface area contributed by atoms with Crippen LogP contribution in [0.15, 0.2) is 78.4 Å². The van der Waals surface area contributed by atoms with Crippen LogP contribution in [0.3, 0.4) is 0 Å². The molecule has 33 heavy (non-hydrogen) atoms. The zero-order valence-electron chi connectivity index (χ0n) is 19.9. The first kappa shape index (κ1) is 23.7. The molecule has 0 saturated carbocycles. The van der Waals surface area contributed by atoms with Gasteiger partial charge in [0.1, 0.15) is 5.60 Å². The number of allylic oxidation sites excluding steroid dienone is 2. The Morgan fingerprint density at radius 3 is 1.39 bits per heavy atom. The minimum atomic E-state index is -1.13. The Hall–Kier alpha value is -3.96. The molecule has 0 amide bonds.